The molecule has 0 amide bonds. The third kappa shape index (κ3) is 2.81. The highest BCUT2D eigenvalue weighted by Gasteiger charge is 2.37. The summed E-state index contributed by atoms with van der Waals surface area (Å²) in [5, 5.41) is 0. The molecule has 0 saturated carbocycles. The van der Waals surface area contributed by atoms with Crippen LogP contribution < -0.4 is 5.73 Å². The number of nitrogens with zero attached hydrogens (tertiary/aromatic N) is 2. The van der Waals surface area contributed by atoms with Crippen LogP contribution >= 0.6 is 11.8 Å². The lowest BCUT2D eigenvalue weighted by Crippen LogP contribution is -2.53. The van der Waals surface area contributed by atoms with E-state index in [1.54, 1.807) is 0 Å². The second-order valence-corrected chi connectivity index (χ2v) is 5.71. The molecule has 1 fully saturated rings. The zero-order valence-corrected chi connectivity index (χ0v) is 11.2. The molecule has 1 aliphatic heterocycles. The van der Waals surface area contributed by atoms with Gasteiger partial charge in [-0.2, -0.15) is 11.8 Å². The molecule has 2 rings (SSSR count). The Hall–Kier alpha value is -0.580. The Bertz CT molecular complexity index is 336. The lowest BCUT2D eigenvalue weighted by atomic mass is 9.95. The van der Waals surface area contributed by atoms with Gasteiger partial charge in [0.15, 0.2) is 0 Å². The van der Waals surface area contributed by atoms with E-state index in [2.05, 4.69) is 28.9 Å². The molecule has 1 saturated heterocycles. The Morgan fingerprint density at radius 1 is 1.47 bits per heavy atom. The number of rotatable bonds is 5. The van der Waals surface area contributed by atoms with Gasteiger partial charge in [0, 0.05) is 36.8 Å². The highest BCUT2D eigenvalue weighted by atomic mass is 32.2. The van der Waals surface area contributed by atoms with E-state index in [4.69, 9.17) is 5.73 Å². The van der Waals surface area contributed by atoms with Gasteiger partial charge in [0.05, 0.1) is 0 Å². The molecule has 17 heavy (non-hydrogen) atoms. The van der Waals surface area contributed by atoms with Crippen molar-refractivity contribution in [1.82, 2.24) is 9.88 Å². The zero-order valence-electron chi connectivity index (χ0n) is 10.4. The van der Waals surface area contributed by atoms with Crippen molar-refractivity contribution >= 4 is 11.8 Å². The quantitative estimate of drug-likeness (QED) is 0.865. The number of nitrogens with two attached hydrogens (primary N) is 1. The molecular formula is C13H21N3S. The molecule has 0 bridgehead atoms. The maximum Gasteiger partial charge on any atom is 0.0433 e. The lowest BCUT2D eigenvalue weighted by molar-refractivity contribution is 0.115. The molecule has 1 aromatic heterocycles. The molecule has 94 valence electrons. The van der Waals surface area contributed by atoms with Gasteiger partial charge in [-0.1, -0.05) is 6.92 Å². The van der Waals surface area contributed by atoms with Crippen molar-refractivity contribution in [2.24, 2.45) is 5.73 Å². The molecule has 4 heteroatoms. The highest BCUT2D eigenvalue weighted by molar-refractivity contribution is 7.99. The molecule has 1 aromatic rings. The largest absolute Gasteiger partial charge is 0.329 e. The molecule has 0 aromatic carbocycles. The van der Waals surface area contributed by atoms with Crippen LogP contribution in [0.4, 0.5) is 0 Å². The summed E-state index contributed by atoms with van der Waals surface area (Å²) in [6.07, 6.45) is 4.94. The minimum atomic E-state index is 0.211. The average Bonchev–Trinajstić information content (AvgIpc) is 2.87. The molecule has 0 spiro atoms. The van der Waals surface area contributed by atoms with Crippen molar-refractivity contribution < 1.29 is 0 Å². The third-order valence-electron chi connectivity index (χ3n) is 3.64. The van der Waals surface area contributed by atoms with Gasteiger partial charge >= 0.3 is 0 Å². The van der Waals surface area contributed by atoms with Gasteiger partial charge in [-0.05, 0) is 36.4 Å². The van der Waals surface area contributed by atoms with E-state index in [0.717, 1.165) is 19.6 Å². The summed E-state index contributed by atoms with van der Waals surface area (Å²) >= 11 is 2.03. The normalized spacial score (nSPS) is 24.4. The van der Waals surface area contributed by atoms with Crippen LogP contribution in [-0.4, -0.2) is 40.0 Å². The smallest absolute Gasteiger partial charge is 0.0433 e. The summed E-state index contributed by atoms with van der Waals surface area (Å²) < 4.78 is 0. The van der Waals surface area contributed by atoms with Crippen LogP contribution in [0.3, 0.4) is 0 Å². The van der Waals surface area contributed by atoms with Crippen LogP contribution in [0, 0.1) is 0 Å². The van der Waals surface area contributed by atoms with Gasteiger partial charge in [-0.15, -0.1) is 0 Å². The fourth-order valence-corrected chi connectivity index (χ4v) is 3.95. The summed E-state index contributed by atoms with van der Waals surface area (Å²) in [7, 11) is 0. The van der Waals surface area contributed by atoms with Crippen LogP contribution in [-0.2, 0) is 6.54 Å². The van der Waals surface area contributed by atoms with E-state index in [1.807, 2.05) is 24.2 Å². The van der Waals surface area contributed by atoms with Crippen molar-refractivity contribution in [2.45, 2.75) is 25.4 Å². The molecule has 2 N–H and O–H groups in total. The van der Waals surface area contributed by atoms with Crippen LogP contribution in [0.1, 0.15) is 18.9 Å². The molecule has 1 atom stereocenters. The van der Waals surface area contributed by atoms with Gasteiger partial charge in [0.1, 0.15) is 0 Å². The first-order valence-corrected chi connectivity index (χ1v) is 7.38. The van der Waals surface area contributed by atoms with Crippen molar-refractivity contribution in [2.75, 3.05) is 24.6 Å². The van der Waals surface area contributed by atoms with Gasteiger partial charge < -0.3 is 5.73 Å². The number of hydrogen-bond acceptors (Lipinski definition) is 4. The van der Waals surface area contributed by atoms with Crippen molar-refractivity contribution in [3.63, 3.8) is 0 Å². The number of likely N-dealkylation sites (N-methyl/N-ethyl adjacent to an activating group) is 1. The molecular weight excluding hydrogens is 230 g/mol. The maximum absolute atomic E-state index is 6.03. The lowest BCUT2D eigenvalue weighted by Gasteiger charge is -2.39. The van der Waals surface area contributed by atoms with E-state index in [9.17, 15) is 0 Å². The maximum atomic E-state index is 6.03. The summed E-state index contributed by atoms with van der Waals surface area (Å²) in [5.74, 6) is 2.41. The second kappa shape index (κ2) is 5.85. The van der Waals surface area contributed by atoms with Crippen LogP contribution in [0.25, 0.3) is 0 Å². The first-order chi connectivity index (χ1) is 8.30. The summed E-state index contributed by atoms with van der Waals surface area (Å²) in [6, 6.07) is 4.18. The number of aromatic nitrogens is 1. The fraction of sp³-hybridized carbons (Fsp3) is 0.615. The molecule has 2 heterocycles. The molecule has 0 radical (unpaired) electrons. The van der Waals surface area contributed by atoms with E-state index < -0.39 is 0 Å². The second-order valence-electron chi connectivity index (χ2n) is 4.60. The SMILES string of the molecule is CCN(Cc1ccncc1)C1(CN)CCSC1. The van der Waals surface area contributed by atoms with Crippen LogP contribution in [0.5, 0.6) is 0 Å². The summed E-state index contributed by atoms with van der Waals surface area (Å²) in [5.41, 5.74) is 7.57. The standard InChI is InChI=1S/C13H21N3S/c1-2-16(9-12-3-6-15-7-4-12)13(10-14)5-8-17-11-13/h3-4,6-7H,2,5,8-11,14H2,1H3. The highest BCUT2D eigenvalue weighted by Crippen LogP contribution is 2.33. The number of hydrogen-bond donors (Lipinski definition) is 1. The topological polar surface area (TPSA) is 42.2 Å². The fourth-order valence-electron chi connectivity index (χ4n) is 2.46. The van der Waals surface area contributed by atoms with E-state index in [0.29, 0.717) is 0 Å². The monoisotopic (exact) mass is 251 g/mol. The minimum absolute atomic E-state index is 0.211. The predicted molar refractivity (Wildman–Crippen MR) is 74.0 cm³/mol. The number of thioether (sulfide) groups is 1. The summed E-state index contributed by atoms with van der Waals surface area (Å²) in [4.78, 5) is 6.60. The van der Waals surface area contributed by atoms with Gasteiger partial charge in [0.2, 0.25) is 0 Å². The Morgan fingerprint density at radius 3 is 2.76 bits per heavy atom. The minimum Gasteiger partial charge on any atom is -0.329 e. The molecule has 3 nitrogen and oxygen atoms in total. The van der Waals surface area contributed by atoms with Crippen LogP contribution in [0.15, 0.2) is 24.5 Å². The van der Waals surface area contributed by atoms with Gasteiger partial charge in [-0.25, -0.2) is 0 Å². The predicted octanol–water partition coefficient (Wildman–Crippen LogP) is 1.74. The molecule has 1 unspecified atom stereocenters. The Labute approximate surface area is 108 Å². The van der Waals surface area contributed by atoms with Crippen molar-refractivity contribution in [3.05, 3.63) is 30.1 Å². The van der Waals surface area contributed by atoms with Gasteiger partial charge in [-0.3, -0.25) is 9.88 Å². The van der Waals surface area contributed by atoms with Crippen LogP contribution in [0.2, 0.25) is 0 Å². The van der Waals surface area contributed by atoms with Crippen molar-refractivity contribution in [1.29, 1.82) is 0 Å². The van der Waals surface area contributed by atoms with E-state index >= 15 is 0 Å². The first kappa shape index (κ1) is 12.9. The first-order valence-electron chi connectivity index (χ1n) is 6.22. The number of pyridine rings is 1. The third-order valence-corrected chi connectivity index (χ3v) is 4.87. The Morgan fingerprint density at radius 2 is 2.24 bits per heavy atom. The van der Waals surface area contributed by atoms with Gasteiger partial charge in [0.25, 0.3) is 0 Å². The van der Waals surface area contributed by atoms with E-state index in [1.165, 1.54) is 23.5 Å². The average molecular weight is 251 g/mol. The Kier molecular flexibility index (Phi) is 4.42. The summed E-state index contributed by atoms with van der Waals surface area (Å²) in [6.45, 7) is 5.03. The zero-order chi connectivity index (χ0) is 12.1. The molecule has 0 aliphatic carbocycles. The molecule has 1 aliphatic rings. The van der Waals surface area contributed by atoms with E-state index in [-0.39, 0.29) is 5.54 Å². The van der Waals surface area contributed by atoms with Crippen molar-refractivity contribution in [3.8, 4) is 0 Å². The Balaban J connectivity index is 2.10.